The van der Waals surface area contributed by atoms with Gasteiger partial charge >= 0.3 is 0 Å². The molecule has 1 fully saturated rings. The molecule has 1 unspecified atom stereocenters. The maximum Gasteiger partial charge on any atom is 0.229 e. The first-order valence-electron chi connectivity index (χ1n) is 10.1. The van der Waals surface area contributed by atoms with Crippen molar-refractivity contribution in [3.63, 3.8) is 0 Å². The summed E-state index contributed by atoms with van der Waals surface area (Å²) in [6, 6.07) is 7.01. The number of rotatable bonds is 5. The Morgan fingerprint density at radius 2 is 1.79 bits per heavy atom. The van der Waals surface area contributed by atoms with Crippen molar-refractivity contribution >= 4 is 5.78 Å². The van der Waals surface area contributed by atoms with E-state index >= 15 is 0 Å². The minimum atomic E-state index is -1.65. The highest BCUT2D eigenvalue weighted by molar-refractivity contribution is 6.02. The average molecular weight is 464 g/mol. The van der Waals surface area contributed by atoms with Gasteiger partial charge in [0.15, 0.2) is 17.3 Å². The Morgan fingerprint density at radius 1 is 1.03 bits per heavy atom. The SMILES string of the molecule is COc1ccc([C@@H]2CC(=O)c3c(O)cc(OC4O[C@H](CO)[C@@H](O)[C@H](O)[C@H]4O)cc3O2)cc1O. The van der Waals surface area contributed by atoms with E-state index < -0.39 is 54.9 Å². The highest BCUT2D eigenvalue weighted by Crippen LogP contribution is 2.43. The van der Waals surface area contributed by atoms with E-state index in [9.17, 15) is 35.4 Å². The minimum Gasteiger partial charge on any atom is -0.507 e. The molecule has 0 aliphatic carbocycles. The fourth-order valence-corrected chi connectivity index (χ4v) is 3.87. The molecule has 0 aromatic heterocycles. The van der Waals surface area contributed by atoms with Crippen molar-refractivity contribution < 1.29 is 54.4 Å². The average Bonchev–Trinajstić information content (AvgIpc) is 2.78. The predicted molar refractivity (Wildman–Crippen MR) is 109 cm³/mol. The van der Waals surface area contributed by atoms with Crippen molar-refractivity contribution in [2.45, 2.75) is 43.2 Å². The van der Waals surface area contributed by atoms with E-state index in [2.05, 4.69) is 0 Å². The number of hydrogen-bond acceptors (Lipinski definition) is 11. The van der Waals surface area contributed by atoms with Crippen LogP contribution in [0.25, 0.3) is 0 Å². The van der Waals surface area contributed by atoms with Gasteiger partial charge in [-0.2, -0.15) is 0 Å². The van der Waals surface area contributed by atoms with Gasteiger partial charge < -0.3 is 49.6 Å². The second-order valence-electron chi connectivity index (χ2n) is 7.80. The van der Waals surface area contributed by atoms with Crippen LogP contribution in [0.1, 0.15) is 28.4 Å². The maximum absolute atomic E-state index is 12.7. The zero-order valence-electron chi connectivity index (χ0n) is 17.5. The number of Topliss-reactive ketones (excluding diaryl/α,β-unsaturated/α-hetero) is 1. The van der Waals surface area contributed by atoms with Crippen molar-refractivity contribution in [3.05, 3.63) is 41.5 Å². The molecule has 0 amide bonds. The van der Waals surface area contributed by atoms with Gasteiger partial charge in [0, 0.05) is 12.1 Å². The third-order valence-electron chi connectivity index (χ3n) is 5.65. The molecule has 0 bridgehead atoms. The van der Waals surface area contributed by atoms with Crippen LogP contribution in [0.15, 0.2) is 30.3 Å². The lowest BCUT2D eigenvalue weighted by molar-refractivity contribution is -0.277. The van der Waals surface area contributed by atoms with Crippen LogP contribution in [0.4, 0.5) is 0 Å². The lowest BCUT2D eigenvalue weighted by Gasteiger charge is -2.39. The molecule has 6 N–H and O–H groups in total. The fraction of sp³-hybridized carbons (Fsp3) is 0.409. The van der Waals surface area contributed by atoms with Crippen molar-refractivity contribution in [1.82, 2.24) is 0 Å². The zero-order chi connectivity index (χ0) is 23.9. The monoisotopic (exact) mass is 464 g/mol. The van der Waals surface area contributed by atoms with Gasteiger partial charge in [0.25, 0.3) is 0 Å². The summed E-state index contributed by atoms with van der Waals surface area (Å²) in [5.74, 6) is -0.733. The lowest BCUT2D eigenvalue weighted by atomic mass is 9.95. The van der Waals surface area contributed by atoms with Gasteiger partial charge in [0.1, 0.15) is 53.3 Å². The van der Waals surface area contributed by atoms with Gasteiger partial charge in [-0.15, -0.1) is 0 Å². The van der Waals surface area contributed by atoms with E-state index in [1.807, 2.05) is 0 Å². The Labute approximate surface area is 188 Å². The summed E-state index contributed by atoms with van der Waals surface area (Å²) in [4.78, 5) is 12.7. The first-order valence-corrected chi connectivity index (χ1v) is 10.1. The van der Waals surface area contributed by atoms with E-state index in [-0.39, 0.29) is 35.0 Å². The van der Waals surface area contributed by atoms with Crippen LogP contribution < -0.4 is 14.2 Å². The number of phenolic OH excluding ortho intramolecular Hbond substituents is 2. The molecule has 0 spiro atoms. The number of hydrogen-bond donors (Lipinski definition) is 6. The highest BCUT2D eigenvalue weighted by Gasteiger charge is 2.45. The van der Waals surface area contributed by atoms with Gasteiger partial charge in [0.2, 0.25) is 6.29 Å². The Morgan fingerprint density at radius 3 is 2.45 bits per heavy atom. The van der Waals surface area contributed by atoms with Crippen molar-refractivity contribution in [2.75, 3.05) is 13.7 Å². The molecule has 6 atom stereocenters. The smallest absolute Gasteiger partial charge is 0.229 e. The first kappa shape index (κ1) is 23.1. The van der Waals surface area contributed by atoms with Gasteiger partial charge in [0.05, 0.1) is 20.1 Å². The van der Waals surface area contributed by atoms with Crippen LogP contribution in [0.2, 0.25) is 0 Å². The molecule has 4 rings (SSSR count). The Bertz CT molecular complexity index is 1040. The number of ketones is 1. The summed E-state index contributed by atoms with van der Waals surface area (Å²) in [7, 11) is 1.41. The molecule has 2 aliphatic rings. The number of carbonyl (C=O) groups is 1. The summed E-state index contributed by atoms with van der Waals surface area (Å²) in [5, 5.41) is 59.7. The molecule has 2 aromatic carbocycles. The van der Waals surface area contributed by atoms with Crippen LogP contribution in [0, 0.1) is 0 Å². The molecule has 33 heavy (non-hydrogen) atoms. The van der Waals surface area contributed by atoms with E-state index in [1.165, 1.54) is 25.3 Å². The van der Waals surface area contributed by atoms with Gasteiger partial charge in [-0.05, 0) is 17.7 Å². The van der Waals surface area contributed by atoms with Crippen LogP contribution in [-0.2, 0) is 4.74 Å². The summed E-state index contributed by atoms with van der Waals surface area (Å²) in [5.41, 5.74) is 0.456. The number of methoxy groups -OCH3 is 1. The molecule has 1 saturated heterocycles. The predicted octanol–water partition coefficient (Wildman–Crippen LogP) is -0.00840. The first-order chi connectivity index (χ1) is 15.7. The standard InChI is InChI=1S/C22H24O11/c1-30-14-3-2-9(4-11(14)24)15-7-13(26)18-12(25)5-10(6-16(18)32-15)31-22-21(29)20(28)19(27)17(8-23)33-22/h2-6,15,17,19-25,27-29H,7-8H2,1H3/t15-,17+,19+,20-,21+,22?/m0/s1. The van der Waals surface area contributed by atoms with Crippen LogP contribution in [-0.4, -0.2) is 80.8 Å². The highest BCUT2D eigenvalue weighted by atomic mass is 16.7. The quantitative estimate of drug-likeness (QED) is 0.351. The Kier molecular flexibility index (Phi) is 6.32. The number of fused-ring (bicyclic) bond motifs is 1. The number of phenols is 2. The van der Waals surface area contributed by atoms with Crippen LogP contribution in [0.5, 0.6) is 28.7 Å². The molecule has 11 nitrogen and oxygen atoms in total. The molecule has 0 radical (unpaired) electrons. The minimum absolute atomic E-state index is 0.00569. The van der Waals surface area contributed by atoms with Gasteiger partial charge in [-0.1, -0.05) is 6.07 Å². The Hall–Kier alpha value is -3.09. The van der Waals surface area contributed by atoms with Crippen LogP contribution >= 0.6 is 0 Å². The molecule has 11 heteroatoms. The second-order valence-corrected chi connectivity index (χ2v) is 7.80. The zero-order valence-corrected chi connectivity index (χ0v) is 17.5. The molecular weight excluding hydrogens is 440 g/mol. The molecule has 178 valence electrons. The summed E-state index contributed by atoms with van der Waals surface area (Å²) in [6.07, 6.45) is -8.35. The van der Waals surface area contributed by atoms with E-state index in [0.29, 0.717) is 5.56 Å². The number of aliphatic hydroxyl groups excluding tert-OH is 4. The van der Waals surface area contributed by atoms with Crippen LogP contribution in [0.3, 0.4) is 0 Å². The summed E-state index contributed by atoms with van der Waals surface area (Å²) in [6.45, 7) is -0.631. The molecule has 2 heterocycles. The van der Waals surface area contributed by atoms with Crippen molar-refractivity contribution in [1.29, 1.82) is 0 Å². The second kappa shape index (κ2) is 9.04. The van der Waals surface area contributed by atoms with E-state index in [0.717, 1.165) is 6.07 Å². The normalized spacial score (nSPS) is 29.2. The van der Waals surface area contributed by atoms with Crippen molar-refractivity contribution in [2.24, 2.45) is 0 Å². The summed E-state index contributed by atoms with van der Waals surface area (Å²) < 4.78 is 21.7. The number of aliphatic hydroxyl groups is 4. The summed E-state index contributed by atoms with van der Waals surface area (Å²) >= 11 is 0. The topological polar surface area (TPSA) is 175 Å². The maximum atomic E-state index is 12.7. The number of ether oxygens (including phenoxy) is 4. The molecule has 2 aromatic rings. The molecular formula is C22H24O11. The fourth-order valence-electron chi connectivity index (χ4n) is 3.87. The number of aromatic hydroxyl groups is 2. The largest absolute Gasteiger partial charge is 0.507 e. The number of benzene rings is 2. The third kappa shape index (κ3) is 4.28. The number of carbonyl (C=O) groups excluding carboxylic acids is 1. The Balaban J connectivity index is 1.60. The van der Waals surface area contributed by atoms with Gasteiger partial charge in [-0.3, -0.25) is 4.79 Å². The lowest BCUT2D eigenvalue weighted by Crippen LogP contribution is -2.60. The van der Waals surface area contributed by atoms with Gasteiger partial charge in [-0.25, -0.2) is 0 Å². The van der Waals surface area contributed by atoms with Crippen molar-refractivity contribution in [3.8, 4) is 28.7 Å². The molecule has 2 aliphatic heterocycles. The molecule has 0 saturated carbocycles. The third-order valence-corrected chi connectivity index (χ3v) is 5.65. The van der Waals surface area contributed by atoms with E-state index in [1.54, 1.807) is 6.07 Å². The van der Waals surface area contributed by atoms with E-state index in [4.69, 9.17) is 18.9 Å².